The molecule has 0 spiro atoms. The molecule has 0 radical (unpaired) electrons. The van der Waals surface area contributed by atoms with Crippen molar-refractivity contribution in [3.63, 3.8) is 0 Å². The monoisotopic (exact) mass is 221 g/mol. The van der Waals surface area contributed by atoms with Crippen LogP contribution in [0, 0.1) is 0 Å². The van der Waals surface area contributed by atoms with Gasteiger partial charge in [0.1, 0.15) is 5.82 Å². The zero-order valence-corrected chi connectivity index (χ0v) is 9.17. The van der Waals surface area contributed by atoms with E-state index >= 15 is 0 Å². The van der Waals surface area contributed by atoms with E-state index in [4.69, 9.17) is 5.11 Å². The van der Waals surface area contributed by atoms with Gasteiger partial charge in [-0.25, -0.2) is 0 Å². The lowest BCUT2D eigenvalue weighted by Crippen LogP contribution is -2.02. The van der Waals surface area contributed by atoms with Crippen molar-refractivity contribution in [3.8, 4) is 0 Å². The quantitative estimate of drug-likeness (QED) is 0.758. The van der Waals surface area contributed by atoms with Gasteiger partial charge < -0.3 is 10.4 Å². The topological polar surface area (TPSA) is 67.9 Å². The molecule has 0 aliphatic carbocycles. The van der Waals surface area contributed by atoms with Crippen LogP contribution in [-0.2, 0) is 20.1 Å². The highest BCUT2D eigenvalue weighted by atomic mass is 16.3. The van der Waals surface area contributed by atoms with Crippen LogP contribution < -0.4 is 5.32 Å². The molecule has 0 saturated heterocycles. The van der Waals surface area contributed by atoms with E-state index in [-0.39, 0.29) is 6.61 Å². The molecule has 16 heavy (non-hydrogen) atoms. The largest absolute Gasteiger partial charge is 0.394 e. The van der Waals surface area contributed by atoms with Gasteiger partial charge in [-0.3, -0.25) is 9.36 Å². The Hall–Kier alpha value is -1.82. The maximum Gasteiger partial charge on any atom is 0.148 e. The number of aliphatic hydroxyl groups excluding tert-OH is 1. The first-order valence-electron chi connectivity index (χ1n) is 5.13. The van der Waals surface area contributed by atoms with Crippen molar-refractivity contribution in [2.45, 2.75) is 13.1 Å². The van der Waals surface area contributed by atoms with Crippen LogP contribution in [0.1, 0.15) is 5.56 Å². The highest BCUT2D eigenvalue weighted by molar-refractivity contribution is 5.33. The predicted molar refractivity (Wildman–Crippen MR) is 59.8 cm³/mol. The molecule has 0 atom stereocenters. The molecule has 0 saturated carbocycles. The molecule has 0 aliphatic rings. The van der Waals surface area contributed by atoms with E-state index in [0.29, 0.717) is 13.1 Å². The predicted octanol–water partition coefficient (Wildman–Crippen LogP) is 0.221. The first-order valence-corrected chi connectivity index (χ1v) is 5.13. The molecular formula is C10H15N5O. The van der Waals surface area contributed by atoms with Gasteiger partial charge in [0.2, 0.25) is 0 Å². The molecule has 2 N–H and O–H groups in total. The summed E-state index contributed by atoms with van der Waals surface area (Å²) >= 11 is 0. The summed E-state index contributed by atoms with van der Waals surface area (Å²) in [7, 11) is 1.88. The minimum atomic E-state index is 0.106. The van der Waals surface area contributed by atoms with E-state index in [9.17, 15) is 0 Å². The van der Waals surface area contributed by atoms with Crippen LogP contribution in [0.25, 0.3) is 0 Å². The van der Waals surface area contributed by atoms with E-state index < -0.39 is 0 Å². The molecule has 0 fully saturated rings. The molecule has 86 valence electrons. The van der Waals surface area contributed by atoms with Crippen LogP contribution in [-0.4, -0.2) is 31.3 Å². The van der Waals surface area contributed by atoms with Gasteiger partial charge in [-0.15, -0.1) is 0 Å². The smallest absolute Gasteiger partial charge is 0.148 e. The Morgan fingerprint density at radius 1 is 1.50 bits per heavy atom. The van der Waals surface area contributed by atoms with E-state index in [1.165, 1.54) is 0 Å². The van der Waals surface area contributed by atoms with Crippen molar-refractivity contribution >= 4 is 5.82 Å². The molecule has 6 nitrogen and oxygen atoms in total. The molecular weight excluding hydrogens is 206 g/mol. The summed E-state index contributed by atoms with van der Waals surface area (Å²) in [6, 6.07) is 1.91. The molecule has 0 aromatic carbocycles. The van der Waals surface area contributed by atoms with Crippen molar-refractivity contribution < 1.29 is 5.11 Å². The molecule has 2 rings (SSSR count). The summed E-state index contributed by atoms with van der Waals surface area (Å²) in [5, 5.41) is 20.3. The van der Waals surface area contributed by atoms with Crippen LogP contribution in [0.2, 0.25) is 0 Å². The van der Waals surface area contributed by atoms with Crippen LogP contribution in [0.3, 0.4) is 0 Å². The number of aliphatic hydroxyl groups is 1. The number of hydrogen-bond donors (Lipinski definition) is 2. The third-order valence-corrected chi connectivity index (χ3v) is 2.20. The number of aromatic nitrogens is 4. The number of nitrogens with zero attached hydrogens (tertiary/aromatic N) is 4. The van der Waals surface area contributed by atoms with Crippen molar-refractivity contribution in [3.05, 3.63) is 30.2 Å². The Bertz CT molecular complexity index is 448. The van der Waals surface area contributed by atoms with Crippen LogP contribution in [0.4, 0.5) is 5.82 Å². The van der Waals surface area contributed by atoms with Crippen LogP contribution in [0.15, 0.2) is 24.7 Å². The fourth-order valence-corrected chi connectivity index (χ4v) is 1.42. The van der Waals surface area contributed by atoms with Crippen LogP contribution in [0.5, 0.6) is 0 Å². The summed E-state index contributed by atoms with van der Waals surface area (Å²) < 4.78 is 3.47. The van der Waals surface area contributed by atoms with E-state index in [0.717, 1.165) is 11.4 Å². The minimum Gasteiger partial charge on any atom is -0.394 e. The van der Waals surface area contributed by atoms with Crippen molar-refractivity contribution in [1.82, 2.24) is 19.6 Å². The Morgan fingerprint density at radius 3 is 3.06 bits per heavy atom. The third kappa shape index (κ3) is 2.60. The average molecular weight is 221 g/mol. The molecule has 0 aliphatic heterocycles. The zero-order valence-electron chi connectivity index (χ0n) is 9.17. The Balaban J connectivity index is 1.89. The zero-order chi connectivity index (χ0) is 11.4. The van der Waals surface area contributed by atoms with Gasteiger partial charge in [0.05, 0.1) is 19.3 Å². The van der Waals surface area contributed by atoms with Crippen molar-refractivity contribution in [2.75, 3.05) is 11.9 Å². The second-order valence-electron chi connectivity index (χ2n) is 3.56. The van der Waals surface area contributed by atoms with Crippen molar-refractivity contribution in [1.29, 1.82) is 0 Å². The SMILES string of the molecule is Cn1ccc(NCc2cnn(CCO)c2)n1. The fraction of sp³-hybridized carbons (Fsp3) is 0.400. The van der Waals surface area contributed by atoms with Gasteiger partial charge in [0.15, 0.2) is 0 Å². The standard InChI is InChI=1S/C10H15N5O/c1-14-3-2-10(13-14)11-6-9-7-12-15(8-9)4-5-16/h2-3,7-8,16H,4-6H2,1H3,(H,11,13). The molecule has 6 heteroatoms. The molecule has 2 aromatic heterocycles. The normalized spacial score (nSPS) is 10.6. The van der Waals surface area contributed by atoms with Gasteiger partial charge in [0.25, 0.3) is 0 Å². The first-order chi connectivity index (χ1) is 7.78. The molecule has 2 heterocycles. The highest BCUT2D eigenvalue weighted by Gasteiger charge is 1.99. The number of aryl methyl sites for hydroxylation is 1. The second kappa shape index (κ2) is 4.80. The number of anilines is 1. The summed E-state index contributed by atoms with van der Waals surface area (Å²) in [5.74, 6) is 0.845. The maximum atomic E-state index is 8.75. The van der Waals surface area contributed by atoms with E-state index in [1.807, 2.05) is 25.5 Å². The summed E-state index contributed by atoms with van der Waals surface area (Å²) in [5.41, 5.74) is 1.07. The van der Waals surface area contributed by atoms with Gasteiger partial charge in [-0.05, 0) is 0 Å². The van der Waals surface area contributed by atoms with E-state index in [1.54, 1.807) is 15.6 Å². The lowest BCUT2D eigenvalue weighted by Gasteiger charge is -1.99. The summed E-state index contributed by atoms with van der Waals surface area (Å²) in [4.78, 5) is 0. The Kier molecular flexibility index (Phi) is 3.21. The molecule has 0 bridgehead atoms. The lowest BCUT2D eigenvalue weighted by atomic mass is 10.3. The third-order valence-electron chi connectivity index (χ3n) is 2.20. The van der Waals surface area contributed by atoms with Gasteiger partial charge in [-0.2, -0.15) is 10.2 Å². The highest BCUT2D eigenvalue weighted by Crippen LogP contribution is 2.05. The summed E-state index contributed by atoms with van der Waals surface area (Å²) in [6.45, 7) is 1.32. The molecule has 0 unspecified atom stereocenters. The Morgan fingerprint density at radius 2 is 2.38 bits per heavy atom. The van der Waals surface area contributed by atoms with Crippen molar-refractivity contribution in [2.24, 2.45) is 7.05 Å². The molecule has 2 aromatic rings. The van der Waals surface area contributed by atoms with Gasteiger partial charge in [0, 0.05) is 37.6 Å². The second-order valence-corrected chi connectivity index (χ2v) is 3.56. The number of rotatable bonds is 5. The van der Waals surface area contributed by atoms with E-state index in [2.05, 4.69) is 15.5 Å². The Labute approximate surface area is 93.5 Å². The molecule has 0 amide bonds. The number of nitrogens with one attached hydrogen (secondary N) is 1. The van der Waals surface area contributed by atoms with Gasteiger partial charge in [-0.1, -0.05) is 0 Å². The van der Waals surface area contributed by atoms with Crippen LogP contribution >= 0.6 is 0 Å². The average Bonchev–Trinajstić information content (AvgIpc) is 2.85. The minimum absolute atomic E-state index is 0.106. The lowest BCUT2D eigenvalue weighted by molar-refractivity contribution is 0.269. The first kappa shape index (κ1) is 10.7. The fourth-order valence-electron chi connectivity index (χ4n) is 1.42. The van der Waals surface area contributed by atoms with Gasteiger partial charge >= 0.3 is 0 Å². The number of hydrogen-bond acceptors (Lipinski definition) is 4. The maximum absolute atomic E-state index is 8.75. The summed E-state index contributed by atoms with van der Waals surface area (Å²) in [6.07, 6.45) is 5.58.